The van der Waals surface area contributed by atoms with E-state index in [0.29, 0.717) is 5.57 Å². The minimum absolute atomic E-state index is 0.0787. The van der Waals surface area contributed by atoms with E-state index in [2.05, 4.69) is 0 Å². The fraction of sp³-hybridized carbons (Fsp3) is 0.409. The van der Waals surface area contributed by atoms with Gasteiger partial charge in [-0.2, -0.15) is 0 Å². The lowest BCUT2D eigenvalue weighted by Gasteiger charge is -2.31. The summed E-state index contributed by atoms with van der Waals surface area (Å²) in [4.78, 5) is 58.6. The molecule has 0 radical (unpaired) electrons. The average Bonchev–Trinajstić information content (AvgIpc) is 3.18. The van der Waals surface area contributed by atoms with Gasteiger partial charge in [-0.3, -0.25) is 19.2 Å². The number of ether oxygens (including phenoxy) is 5. The summed E-state index contributed by atoms with van der Waals surface area (Å²) >= 11 is 0. The Balaban J connectivity index is 1.82. The second-order valence-electron chi connectivity index (χ2n) is 7.41. The number of carbonyl (C=O) groups excluding carboxylic acids is 5. The molecule has 0 aromatic heterocycles. The van der Waals surface area contributed by atoms with E-state index in [0.717, 1.165) is 0 Å². The van der Waals surface area contributed by atoms with E-state index >= 15 is 0 Å². The zero-order chi connectivity index (χ0) is 23.5. The van der Waals surface area contributed by atoms with Crippen molar-refractivity contribution in [2.75, 3.05) is 13.2 Å². The Labute approximate surface area is 183 Å². The van der Waals surface area contributed by atoms with Crippen molar-refractivity contribution < 1.29 is 47.7 Å². The lowest BCUT2D eigenvalue weighted by molar-refractivity contribution is -0.161. The molecule has 2 aliphatic rings. The predicted octanol–water partition coefficient (Wildman–Crippen LogP) is 1.51. The van der Waals surface area contributed by atoms with Crippen LogP contribution in [0.3, 0.4) is 0 Å². The number of carbonyl (C=O) groups is 5. The molecule has 1 aliphatic heterocycles. The van der Waals surface area contributed by atoms with E-state index in [4.69, 9.17) is 23.7 Å². The molecule has 32 heavy (non-hydrogen) atoms. The molecule has 3 rings (SSSR count). The molecule has 10 heteroatoms. The van der Waals surface area contributed by atoms with Crippen LogP contribution in [0.5, 0.6) is 5.75 Å². The number of hydrogen-bond donors (Lipinski definition) is 0. The van der Waals surface area contributed by atoms with Crippen molar-refractivity contribution in [3.05, 3.63) is 41.5 Å². The Kier molecular flexibility index (Phi) is 6.61. The van der Waals surface area contributed by atoms with Crippen molar-refractivity contribution in [2.45, 2.75) is 38.9 Å². The monoisotopic (exact) mass is 446 g/mol. The Bertz CT molecular complexity index is 977. The van der Waals surface area contributed by atoms with Crippen LogP contribution >= 0.6 is 0 Å². The van der Waals surface area contributed by atoms with Crippen molar-refractivity contribution >= 4 is 29.8 Å². The summed E-state index contributed by atoms with van der Waals surface area (Å²) in [6.07, 6.45) is 0.586. The average molecular weight is 446 g/mol. The zero-order valence-electron chi connectivity index (χ0n) is 17.7. The van der Waals surface area contributed by atoms with Crippen LogP contribution in [0.1, 0.15) is 37.6 Å². The summed E-state index contributed by atoms with van der Waals surface area (Å²) in [7, 11) is 0. The summed E-state index contributed by atoms with van der Waals surface area (Å²) in [6, 6.07) is 5.76. The number of esters is 5. The molecule has 0 saturated carbocycles. The summed E-state index contributed by atoms with van der Waals surface area (Å²) < 4.78 is 26.3. The van der Waals surface area contributed by atoms with Gasteiger partial charge in [0.2, 0.25) is 0 Å². The summed E-state index contributed by atoms with van der Waals surface area (Å²) in [5, 5.41) is 0. The molecule has 1 aliphatic carbocycles. The molecule has 1 fully saturated rings. The predicted molar refractivity (Wildman–Crippen MR) is 105 cm³/mol. The fourth-order valence-corrected chi connectivity index (χ4v) is 3.73. The van der Waals surface area contributed by atoms with E-state index in [-0.39, 0.29) is 30.9 Å². The minimum atomic E-state index is -1.39. The Morgan fingerprint density at radius 3 is 2.25 bits per heavy atom. The largest absolute Gasteiger partial charge is 0.461 e. The van der Waals surface area contributed by atoms with Crippen LogP contribution in [0.15, 0.2) is 35.9 Å². The van der Waals surface area contributed by atoms with Crippen molar-refractivity contribution in [1.29, 1.82) is 0 Å². The van der Waals surface area contributed by atoms with Gasteiger partial charge in [0.15, 0.2) is 5.60 Å². The fourth-order valence-electron chi connectivity index (χ4n) is 3.73. The topological polar surface area (TPSA) is 132 Å². The summed E-state index contributed by atoms with van der Waals surface area (Å²) in [6.45, 7) is 3.19. The van der Waals surface area contributed by atoms with Crippen LogP contribution in [0.2, 0.25) is 0 Å². The molecule has 1 aromatic rings. The van der Waals surface area contributed by atoms with E-state index < -0.39 is 47.5 Å². The van der Waals surface area contributed by atoms with Gasteiger partial charge in [0, 0.05) is 26.3 Å². The molecule has 0 unspecified atom stereocenters. The number of rotatable bonds is 7. The SMILES string of the molecule is CC(=O)OCC1=C[C@@H](OC(=O)c2ccc(OC(C)=O)cc2)[C@@H]2CC(=O)O[C@]12COC(C)=O. The number of benzene rings is 1. The maximum absolute atomic E-state index is 12.7. The van der Waals surface area contributed by atoms with Gasteiger partial charge in [-0.25, -0.2) is 4.79 Å². The van der Waals surface area contributed by atoms with Crippen molar-refractivity contribution in [1.82, 2.24) is 0 Å². The quantitative estimate of drug-likeness (QED) is 0.263. The first-order chi connectivity index (χ1) is 15.1. The normalized spacial score (nSPS) is 23.5. The molecule has 1 aromatic carbocycles. The van der Waals surface area contributed by atoms with Crippen LogP contribution in [0.25, 0.3) is 0 Å². The Hall–Kier alpha value is -3.69. The van der Waals surface area contributed by atoms with Crippen LogP contribution < -0.4 is 4.74 Å². The van der Waals surface area contributed by atoms with Gasteiger partial charge >= 0.3 is 29.8 Å². The second kappa shape index (κ2) is 9.21. The Morgan fingerprint density at radius 2 is 1.66 bits per heavy atom. The van der Waals surface area contributed by atoms with Crippen molar-refractivity contribution in [3.63, 3.8) is 0 Å². The molecular formula is C22H22O10. The third kappa shape index (κ3) is 4.96. The van der Waals surface area contributed by atoms with Gasteiger partial charge in [0.05, 0.1) is 17.9 Å². The maximum Gasteiger partial charge on any atom is 0.338 e. The maximum atomic E-state index is 12.7. The van der Waals surface area contributed by atoms with E-state index in [9.17, 15) is 24.0 Å². The number of hydrogen-bond acceptors (Lipinski definition) is 10. The van der Waals surface area contributed by atoms with E-state index in [1.165, 1.54) is 45.0 Å². The first-order valence-corrected chi connectivity index (χ1v) is 9.80. The highest BCUT2D eigenvalue weighted by Gasteiger charge is 2.60. The first kappa shape index (κ1) is 23.0. The minimum Gasteiger partial charge on any atom is -0.461 e. The zero-order valence-corrected chi connectivity index (χ0v) is 17.7. The first-order valence-electron chi connectivity index (χ1n) is 9.80. The van der Waals surface area contributed by atoms with Gasteiger partial charge in [0.25, 0.3) is 0 Å². The summed E-state index contributed by atoms with van der Waals surface area (Å²) in [5.41, 5.74) is -0.825. The van der Waals surface area contributed by atoms with E-state index in [1.807, 2.05) is 0 Å². The van der Waals surface area contributed by atoms with Gasteiger partial charge in [-0.1, -0.05) is 0 Å². The van der Waals surface area contributed by atoms with Crippen molar-refractivity contribution in [2.24, 2.45) is 5.92 Å². The summed E-state index contributed by atoms with van der Waals surface area (Å²) in [5.74, 6) is -3.26. The van der Waals surface area contributed by atoms with Gasteiger partial charge in [-0.05, 0) is 30.3 Å². The molecule has 170 valence electrons. The molecular weight excluding hydrogens is 424 g/mol. The molecule has 0 bridgehead atoms. The van der Waals surface area contributed by atoms with Gasteiger partial charge in [0.1, 0.15) is 25.1 Å². The molecule has 0 N–H and O–H groups in total. The van der Waals surface area contributed by atoms with Crippen LogP contribution in [0.4, 0.5) is 0 Å². The number of fused-ring (bicyclic) bond motifs is 1. The highest BCUT2D eigenvalue weighted by molar-refractivity contribution is 5.90. The lowest BCUT2D eigenvalue weighted by atomic mass is 9.85. The standard InChI is InChI=1S/C22H22O10/c1-12(23)28-10-16-8-19(18-9-20(26)32-22(16,18)11-29-13(2)24)31-21(27)15-4-6-17(7-5-15)30-14(3)25/h4-8,18-19H,9-11H2,1-3H3/t18-,19+,22+/m0/s1. The van der Waals surface area contributed by atoms with E-state index in [1.54, 1.807) is 6.08 Å². The highest BCUT2D eigenvalue weighted by Crippen LogP contribution is 2.48. The molecule has 0 amide bonds. The molecule has 0 spiro atoms. The van der Waals surface area contributed by atoms with Crippen LogP contribution in [0, 0.1) is 5.92 Å². The molecule has 1 heterocycles. The second-order valence-corrected chi connectivity index (χ2v) is 7.41. The van der Waals surface area contributed by atoms with Crippen LogP contribution in [-0.2, 0) is 38.1 Å². The molecule has 10 nitrogen and oxygen atoms in total. The van der Waals surface area contributed by atoms with Gasteiger partial charge < -0.3 is 23.7 Å². The highest BCUT2D eigenvalue weighted by atomic mass is 16.6. The smallest absolute Gasteiger partial charge is 0.338 e. The third-order valence-electron chi connectivity index (χ3n) is 5.10. The van der Waals surface area contributed by atoms with Gasteiger partial charge in [-0.15, -0.1) is 0 Å². The molecule has 3 atom stereocenters. The molecule has 1 saturated heterocycles. The Morgan fingerprint density at radius 1 is 1.00 bits per heavy atom. The van der Waals surface area contributed by atoms with Crippen LogP contribution in [-0.4, -0.2) is 54.8 Å². The lowest BCUT2D eigenvalue weighted by Crippen LogP contribution is -2.44. The van der Waals surface area contributed by atoms with Crippen molar-refractivity contribution in [3.8, 4) is 5.75 Å². The third-order valence-corrected chi connectivity index (χ3v) is 5.10.